The van der Waals surface area contributed by atoms with E-state index in [0.29, 0.717) is 0 Å². The van der Waals surface area contributed by atoms with Crippen LogP contribution in [0.1, 0.15) is 22.8 Å². The first-order valence-corrected chi connectivity index (χ1v) is 5.35. The number of hydrogen-bond acceptors (Lipinski definition) is 5. The molecule has 17 heavy (non-hydrogen) atoms. The van der Waals surface area contributed by atoms with Gasteiger partial charge >= 0.3 is 5.97 Å². The van der Waals surface area contributed by atoms with Crippen molar-refractivity contribution in [3.8, 4) is 6.07 Å². The molecule has 6 nitrogen and oxygen atoms in total. The van der Waals surface area contributed by atoms with Gasteiger partial charge in [0.15, 0.2) is 0 Å². The summed E-state index contributed by atoms with van der Waals surface area (Å²) in [6, 6.07) is 4.05. The summed E-state index contributed by atoms with van der Waals surface area (Å²) in [5, 5.41) is 19.5. The van der Waals surface area contributed by atoms with Crippen molar-refractivity contribution in [2.24, 2.45) is 0 Å². The summed E-state index contributed by atoms with van der Waals surface area (Å²) in [4.78, 5) is 21.5. The van der Waals surface area contributed by atoms with Gasteiger partial charge < -0.3 is 4.74 Å². The number of esters is 1. The third kappa shape index (κ3) is 2.79. The monoisotopic (exact) mass is 298 g/mol. The van der Waals surface area contributed by atoms with Crippen LogP contribution in [0.2, 0.25) is 0 Å². The number of hydrogen-bond donors (Lipinski definition) is 0. The normalized spacial score (nSPS) is 9.47. The van der Waals surface area contributed by atoms with Gasteiger partial charge in [-0.3, -0.25) is 10.1 Å². The average molecular weight is 299 g/mol. The summed E-state index contributed by atoms with van der Waals surface area (Å²) in [6.07, 6.45) is 0. The van der Waals surface area contributed by atoms with E-state index in [1.54, 1.807) is 13.0 Å². The van der Waals surface area contributed by atoms with Crippen LogP contribution in [0.4, 0.5) is 5.69 Å². The van der Waals surface area contributed by atoms with Crippen LogP contribution in [0.3, 0.4) is 0 Å². The highest BCUT2D eigenvalue weighted by atomic mass is 79.9. The topological polar surface area (TPSA) is 93.2 Å². The number of carbonyl (C=O) groups is 1. The van der Waals surface area contributed by atoms with Gasteiger partial charge in [-0.2, -0.15) is 5.26 Å². The summed E-state index contributed by atoms with van der Waals surface area (Å²) >= 11 is 3.01. The van der Waals surface area contributed by atoms with Crippen molar-refractivity contribution in [3.05, 3.63) is 37.8 Å². The molecule has 0 bridgehead atoms. The molecule has 1 aromatic rings. The van der Waals surface area contributed by atoms with Gasteiger partial charge in [0.1, 0.15) is 11.6 Å². The van der Waals surface area contributed by atoms with E-state index in [0.717, 1.165) is 6.07 Å². The Morgan fingerprint density at radius 2 is 2.29 bits per heavy atom. The Morgan fingerprint density at radius 1 is 1.65 bits per heavy atom. The Kier molecular flexibility index (Phi) is 4.17. The lowest BCUT2D eigenvalue weighted by atomic mass is 10.1. The molecule has 7 heteroatoms. The van der Waals surface area contributed by atoms with Crippen molar-refractivity contribution in [1.29, 1.82) is 5.26 Å². The largest absolute Gasteiger partial charge is 0.462 e. The van der Waals surface area contributed by atoms with E-state index in [4.69, 9.17) is 10.00 Å². The fraction of sp³-hybridized carbons (Fsp3) is 0.200. The molecule has 0 aliphatic carbocycles. The van der Waals surface area contributed by atoms with Gasteiger partial charge in [-0.1, -0.05) is 0 Å². The van der Waals surface area contributed by atoms with Crippen molar-refractivity contribution in [2.75, 3.05) is 6.61 Å². The quantitative estimate of drug-likeness (QED) is 0.485. The van der Waals surface area contributed by atoms with Crippen molar-refractivity contribution >= 4 is 27.6 Å². The van der Waals surface area contributed by atoms with Gasteiger partial charge in [-0.05, 0) is 28.9 Å². The molecule has 0 spiro atoms. The number of nitriles is 1. The van der Waals surface area contributed by atoms with Crippen molar-refractivity contribution in [3.63, 3.8) is 0 Å². The Balaban J connectivity index is 3.35. The molecule has 0 saturated carbocycles. The zero-order chi connectivity index (χ0) is 13.0. The number of benzene rings is 1. The van der Waals surface area contributed by atoms with E-state index in [1.165, 1.54) is 6.07 Å². The lowest BCUT2D eigenvalue weighted by Crippen LogP contribution is -2.06. The molecular weight excluding hydrogens is 292 g/mol. The summed E-state index contributed by atoms with van der Waals surface area (Å²) in [6.45, 7) is 1.80. The number of nitrogens with zero attached hydrogens (tertiary/aromatic N) is 2. The van der Waals surface area contributed by atoms with Gasteiger partial charge in [0.25, 0.3) is 5.69 Å². The number of nitro groups is 1. The number of carbonyl (C=O) groups excluding carboxylic acids is 1. The Hall–Kier alpha value is -1.94. The molecule has 0 aliphatic heterocycles. The molecule has 0 aliphatic rings. The number of ether oxygens (including phenoxy) is 1. The van der Waals surface area contributed by atoms with Crippen LogP contribution in [0.5, 0.6) is 0 Å². The van der Waals surface area contributed by atoms with E-state index < -0.39 is 16.6 Å². The fourth-order valence-corrected chi connectivity index (χ4v) is 1.72. The molecule has 1 aromatic carbocycles. The maximum atomic E-state index is 11.4. The summed E-state index contributed by atoms with van der Waals surface area (Å²) in [7, 11) is 0. The minimum atomic E-state index is -0.716. The predicted molar refractivity (Wildman–Crippen MR) is 61.5 cm³/mol. The molecule has 0 unspecified atom stereocenters. The molecule has 0 aromatic heterocycles. The van der Waals surface area contributed by atoms with Gasteiger partial charge in [0.2, 0.25) is 0 Å². The smallest absolute Gasteiger partial charge is 0.338 e. The SMILES string of the molecule is CCOC(=O)c1cc(Br)c(C#N)c([N+](=O)[O-])c1. The fourth-order valence-electron chi connectivity index (χ4n) is 1.18. The molecule has 0 heterocycles. The van der Waals surface area contributed by atoms with Crippen LogP contribution in [0.15, 0.2) is 16.6 Å². The van der Waals surface area contributed by atoms with Gasteiger partial charge in [-0.25, -0.2) is 4.79 Å². The molecule has 0 saturated heterocycles. The Morgan fingerprint density at radius 3 is 2.76 bits per heavy atom. The van der Waals surface area contributed by atoms with Gasteiger partial charge in [-0.15, -0.1) is 0 Å². The molecule has 0 radical (unpaired) electrons. The van der Waals surface area contributed by atoms with E-state index in [-0.39, 0.29) is 22.2 Å². The van der Waals surface area contributed by atoms with Crippen LogP contribution in [0.25, 0.3) is 0 Å². The van der Waals surface area contributed by atoms with Crippen LogP contribution >= 0.6 is 15.9 Å². The molecule has 88 valence electrons. The van der Waals surface area contributed by atoms with Gasteiger partial charge in [0.05, 0.1) is 17.1 Å². The van der Waals surface area contributed by atoms with E-state index >= 15 is 0 Å². The zero-order valence-electron chi connectivity index (χ0n) is 8.77. The highest BCUT2D eigenvalue weighted by Crippen LogP contribution is 2.28. The van der Waals surface area contributed by atoms with Crippen LogP contribution in [-0.4, -0.2) is 17.5 Å². The minimum absolute atomic E-state index is 0.0319. The second kappa shape index (κ2) is 5.41. The van der Waals surface area contributed by atoms with Crippen molar-refractivity contribution in [2.45, 2.75) is 6.92 Å². The molecule has 0 N–H and O–H groups in total. The molecule has 0 fully saturated rings. The van der Waals surface area contributed by atoms with Crippen LogP contribution in [0, 0.1) is 21.4 Å². The second-order valence-corrected chi connectivity index (χ2v) is 3.80. The number of nitro benzene ring substituents is 1. The van der Waals surface area contributed by atoms with Gasteiger partial charge in [0, 0.05) is 10.5 Å². The maximum absolute atomic E-state index is 11.4. The van der Waals surface area contributed by atoms with Crippen LogP contribution < -0.4 is 0 Å². The third-order valence-electron chi connectivity index (χ3n) is 1.89. The van der Waals surface area contributed by atoms with E-state index in [9.17, 15) is 14.9 Å². The maximum Gasteiger partial charge on any atom is 0.338 e. The number of halogens is 1. The highest BCUT2D eigenvalue weighted by molar-refractivity contribution is 9.10. The first-order valence-electron chi connectivity index (χ1n) is 4.56. The standard InChI is InChI=1S/C10H7BrN2O4/c1-2-17-10(14)6-3-8(11)7(5-12)9(4-6)13(15)16/h3-4H,2H2,1H3. The first kappa shape index (κ1) is 13.1. The molecule has 0 atom stereocenters. The van der Waals surface area contributed by atoms with E-state index in [2.05, 4.69) is 15.9 Å². The highest BCUT2D eigenvalue weighted by Gasteiger charge is 2.21. The Bertz CT molecular complexity index is 522. The summed E-state index contributed by atoms with van der Waals surface area (Å²) in [5.41, 5.74) is -0.516. The molecule has 1 rings (SSSR count). The molecular formula is C10H7BrN2O4. The summed E-state index contributed by atoms with van der Waals surface area (Å²) in [5.74, 6) is -0.666. The molecule has 0 amide bonds. The lowest BCUT2D eigenvalue weighted by Gasteiger charge is -2.04. The minimum Gasteiger partial charge on any atom is -0.462 e. The third-order valence-corrected chi connectivity index (χ3v) is 2.51. The second-order valence-electron chi connectivity index (χ2n) is 2.94. The average Bonchev–Trinajstić information content (AvgIpc) is 2.28. The first-order chi connectivity index (χ1) is 8.01. The number of rotatable bonds is 3. The Labute approximate surface area is 105 Å². The lowest BCUT2D eigenvalue weighted by molar-refractivity contribution is -0.385. The van der Waals surface area contributed by atoms with Crippen molar-refractivity contribution in [1.82, 2.24) is 0 Å². The van der Waals surface area contributed by atoms with Crippen molar-refractivity contribution < 1.29 is 14.5 Å². The van der Waals surface area contributed by atoms with Crippen LogP contribution in [-0.2, 0) is 4.74 Å². The van der Waals surface area contributed by atoms with E-state index in [1.807, 2.05) is 0 Å². The predicted octanol–water partition coefficient (Wildman–Crippen LogP) is 2.41. The zero-order valence-corrected chi connectivity index (χ0v) is 10.4. The summed E-state index contributed by atoms with van der Waals surface area (Å²) < 4.78 is 4.92.